The van der Waals surface area contributed by atoms with E-state index in [-0.39, 0.29) is 6.10 Å². The average Bonchev–Trinajstić information content (AvgIpc) is 3.20. The van der Waals surface area contributed by atoms with E-state index in [1.807, 2.05) is 65.3 Å². The number of fused-ring (bicyclic) bond motifs is 1. The highest BCUT2D eigenvalue weighted by molar-refractivity contribution is 5.86. The van der Waals surface area contributed by atoms with E-state index in [0.717, 1.165) is 28.0 Å². The van der Waals surface area contributed by atoms with Crippen LogP contribution in [-0.2, 0) is 9.47 Å². The Kier molecular flexibility index (Phi) is 4.12. The molecule has 6 heteroatoms. The Morgan fingerprint density at radius 2 is 1.81 bits per heavy atom. The fourth-order valence-electron chi connectivity index (χ4n) is 3.32. The Labute approximate surface area is 156 Å². The zero-order chi connectivity index (χ0) is 18.1. The summed E-state index contributed by atoms with van der Waals surface area (Å²) in [6, 6.07) is 20.0. The van der Waals surface area contributed by atoms with Crippen LogP contribution < -0.4 is 0 Å². The molecule has 0 saturated carbocycles. The maximum Gasteiger partial charge on any atom is 0.181 e. The number of nitrogens with zero attached hydrogens (tertiary/aromatic N) is 4. The molecule has 2 aromatic carbocycles. The van der Waals surface area contributed by atoms with Gasteiger partial charge in [-0.15, -0.1) is 5.10 Å². The molecule has 2 aromatic heterocycles. The molecule has 1 aliphatic rings. The molecule has 1 aliphatic heterocycles. The molecule has 1 fully saturated rings. The molecule has 134 valence electrons. The molecule has 1 unspecified atom stereocenters. The highest BCUT2D eigenvalue weighted by Crippen LogP contribution is 2.28. The number of para-hydroxylation sites is 1. The standard InChI is InChI=1S/C21H18N4O2/c1-2-6-16(7-3-1)20-23-21(18-14-26-12-13-27-18)25(24-20)17-10-4-8-15-9-5-11-22-19(15)17/h1-11,18H,12-14H2. The molecule has 27 heavy (non-hydrogen) atoms. The van der Waals surface area contributed by atoms with Gasteiger partial charge in [0.15, 0.2) is 11.6 Å². The predicted molar refractivity (Wildman–Crippen MR) is 102 cm³/mol. The van der Waals surface area contributed by atoms with Crippen molar-refractivity contribution in [1.82, 2.24) is 19.7 Å². The van der Waals surface area contributed by atoms with Crippen molar-refractivity contribution in [3.63, 3.8) is 0 Å². The molecule has 0 spiro atoms. The third kappa shape index (κ3) is 2.99. The summed E-state index contributed by atoms with van der Waals surface area (Å²) in [6.45, 7) is 1.61. The normalized spacial score (nSPS) is 17.3. The molecule has 5 rings (SSSR count). The Bertz CT molecular complexity index is 1070. The molecule has 0 N–H and O–H groups in total. The molecule has 6 nitrogen and oxygen atoms in total. The topological polar surface area (TPSA) is 62.1 Å². The van der Waals surface area contributed by atoms with E-state index in [1.54, 1.807) is 6.20 Å². The molecule has 0 aliphatic carbocycles. The van der Waals surface area contributed by atoms with Crippen molar-refractivity contribution in [2.75, 3.05) is 19.8 Å². The van der Waals surface area contributed by atoms with E-state index in [4.69, 9.17) is 19.6 Å². The molecular weight excluding hydrogens is 340 g/mol. The number of rotatable bonds is 3. The van der Waals surface area contributed by atoms with Gasteiger partial charge in [0.2, 0.25) is 0 Å². The van der Waals surface area contributed by atoms with Crippen molar-refractivity contribution in [2.24, 2.45) is 0 Å². The van der Waals surface area contributed by atoms with Crippen molar-refractivity contribution in [1.29, 1.82) is 0 Å². The maximum atomic E-state index is 5.92. The van der Waals surface area contributed by atoms with Gasteiger partial charge in [-0.25, -0.2) is 9.67 Å². The summed E-state index contributed by atoms with van der Waals surface area (Å²) in [5.41, 5.74) is 2.72. The number of pyridine rings is 1. The second-order valence-corrected chi connectivity index (χ2v) is 6.36. The van der Waals surface area contributed by atoms with Crippen LogP contribution in [0.1, 0.15) is 11.9 Å². The summed E-state index contributed by atoms with van der Waals surface area (Å²) in [4.78, 5) is 9.37. The largest absolute Gasteiger partial charge is 0.376 e. The lowest BCUT2D eigenvalue weighted by Gasteiger charge is -2.22. The number of hydrogen-bond acceptors (Lipinski definition) is 5. The molecule has 0 amide bonds. The molecule has 0 radical (unpaired) electrons. The lowest BCUT2D eigenvalue weighted by molar-refractivity contribution is -0.0942. The van der Waals surface area contributed by atoms with Crippen LogP contribution in [0.2, 0.25) is 0 Å². The van der Waals surface area contributed by atoms with Crippen LogP contribution in [0, 0.1) is 0 Å². The van der Waals surface area contributed by atoms with Crippen LogP contribution in [0.4, 0.5) is 0 Å². The van der Waals surface area contributed by atoms with Crippen LogP contribution in [0.3, 0.4) is 0 Å². The Morgan fingerprint density at radius 1 is 0.926 bits per heavy atom. The molecule has 1 saturated heterocycles. The van der Waals surface area contributed by atoms with Crippen LogP contribution in [-0.4, -0.2) is 39.6 Å². The van der Waals surface area contributed by atoms with Gasteiger partial charge in [-0.05, 0) is 12.1 Å². The molecule has 1 atom stereocenters. The molecule has 4 aromatic rings. The summed E-state index contributed by atoms with van der Waals surface area (Å²) >= 11 is 0. The number of ether oxygens (including phenoxy) is 2. The Balaban J connectivity index is 1.71. The van der Waals surface area contributed by atoms with Crippen molar-refractivity contribution in [3.05, 3.63) is 72.7 Å². The minimum Gasteiger partial charge on any atom is -0.376 e. The lowest BCUT2D eigenvalue weighted by atomic mass is 10.2. The van der Waals surface area contributed by atoms with E-state index in [0.29, 0.717) is 25.6 Å². The lowest BCUT2D eigenvalue weighted by Crippen LogP contribution is -2.24. The Morgan fingerprint density at radius 3 is 2.67 bits per heavy atom. The average molecular weight is 358 g/mol. The first-order chi connectivity index (χ1) is 13.4. The monoisotopic (exact) mass is 358 g/mol. The molecule has 0 bridgehead atoms. The third-order valence-corrected chi connectivity index (χ3v) is 4.61. The van der Waals surface area contributed by atoms with Crippen LogP contribution in [0.25, 0.3) is 28.0 Å². The SMILES string of the molecule is c1ccc(-c2nc(C3COCCO3)n(-c3cccc4cccnc34)n2)cc1. The van der Waals surface area contributed by atoms with Gasteiger partial charge in [-0.2, -0.15) is 0 Å². The zero-order valence-corrected chi connectivity index (χ0v) is 14.7. The van der Waals surface area contributed by atoms with Gasteiger partial charge < -0.3 is 9.47 Å². The fourth-order valence-corrected chi connectivity index (χ4v) is 3.32. The van der Waals surface area contributed by atoms with Crippen LogP contribution in [0.15, 0.2) is 66.9 Å². The first-order valence-electron chi connectivity index (χ1n) is 8.96. The molecular formula is C21H18N4O2. The first-order valence-corrected chi connectivity index (χ1v) is 8.96. The van der Waals surface area contributed by atoms with Crippen LogP contribution >= 0.6 is 0 Å². The minimum atomic E-state index is -0.261. The summed E-state index contributed by atoms with van der Waals surface area (Å²) in [7, 11) is 0. The first kappa shape index (κ1) is 16.1. The van der Waals surface area contributed by atoms with Gasteiger partial charge in [0.1, 0.15) is 6.10 Å². The van der Waals surface area contributed by atoms with Crippen LogP contribution in [0.5, 0.6) is 0 Å². The number of aromatic nitrogens is 4. The van der Waals surface area contributed by atoms with Crippen molar-refractivity contribution in [2.45, 2.75) is 6.10 Å². The van der Waals surface area contributed by atoms with E-state index < -0.39 is 0 Å². The minimum absolute atomic E-state index is 0.261. The second kappa shape index (κ2) is 6.90. The summed E-state index contributed by atoms with van der Waals surface area (Å²) < 4.78 is 13.4. The van der Waals surface area contributed by atoms with E-state index in [2.05, 4.69) is 4.98 Å². The van der Waals surface area contributed by atoms with Gasteiger partial charge in [0, 0.05) is 17.1 Å². The summed E-state index contributed by atoms with van der Waals surface area (Å²) in [6.07, 6.45) is 1.53. The van der Waals surface area contributed by atoms with E-state index >= 15 is 0 Å². The number of benzene rings is 2. The number of hydrogen-bond donors (Lipinski definition) is 0. The predicted octanol–water partition coefficient (Wildman–Crippen LogP) is 3.57. The molecule has 3 heterocycles. The smallest absolute Gasteiger partial charge is 0.181 e. The van der Waals surface area contributed by atoms with E-state index in [1.165, 1.54) is 0 Å². The quantitative estimate of drug-likeness (QED) is 0.560. The van der Waals surface area contributed by atoms with Gasteiger partial charge in [0.05, 0.1) is 31.0 Å². The van der Waals surface area contributed by atoms with Crippen molar-refractivity contribution in [3.8, 4) is 17.1 Å². The fraction of sp³-hybridized carbons (Fsp3) is 0.190. The van der Waals surface area contributed by atoms with E-state index in [9.17, 15) is 0 Å². The third-order valence-electron chi connectivity index (χ3n) is 4.61. The zero-order valence-electron chi connectivity index (χ0n) is 14.7. The van der Waals surface area contributed by atoms with Gasteiger partial charge in [-0.1, -0.05) is 48.5 Å². The van der Waals surface area contributed by atoms with Gasteiger partial charge >= 0.3 is 0 Å². The van der Waals surface area contributed by atoms with Crippen molar-refractivity contribution >= 4 is 10.9 Å². The summed E-state index contributed by atoms with van der Waals surface area (Å²) in [5.74, 6) is 1.39. The van der Waals surface area contributed by atoms with Gasteiger partial charge in [-0.3, -0.25) is 4.98 Å². The Hall–Kier alpha value is -3.09. The van der Waals surface area contributed by atoms with Gasteiger partial charge in [0.25, 0.3) is 0 Å². The second-order valence-electron chi connectivity index (χ2n) is 6.36. The summed E-state index contributed by atoms with van der Waals surface area (Å²) in [5, 5.41) is 5.86. The highest BCUT2D eigenvalue weighted by atomic mass is 16.6. The maximum absolute atomic E-state index is 5.92. The van der Waals surface area contributed by atoms with Crippen molar-refractivity contribution < 1.29 is 9.47 Å². The highest BCUT2D eigenvalue weighted by Gasteiger charge is 2.26.